The summed E-state index contributed by atoms with van der Waals surface area (Å²) in [4.78, 5) is 13.7. The Bertz CT molecular complexity index is 1570. The number of benzene rings is 3. The molecule has 1 aliphatic heterocycles. The van der Waals surface area contributed by atoms with Gasteiger partial charge in [-0.05, 0) is 63.4 Å². The third kappa shape index (κ3) is 6.84. The van der Waals surface area contributed by atoms with E-state index < -0.39 is 15.6 Å². The van der Waals surface area contributed by atoms with Crippen LogP contribution in [0, 0.1) is 0 Å². The van der Waals surface area contributed by atoms with Crippen LogP contribution in [-0.2, 0) is 26.0 Å². The van der Waals surface area contributed by atoms with Crippen LogP contribution in [0.5, 0.6) is 0 Å². The number of rotatable bonds is 10. The summed E-state index contributed by atoms with van der Waals surface area (Å²) < 4.78 is 35.0. The quantitative estimate of drug-likeness (QED) is 0.232. The molecule has 8 heteroatoms. The van der Waals surface area contributed by atoms with E-state index >= 15 is 0 Å². The molecular weight excluding hydrogens is 534 g/mol. The molecule has 1 atom stereocenters. The van der Waals surface area contributed by atoms with Crippen LogP contribution in [0.15, 0.2) is 94.4 Å². The maximum atomic E-state index is 13.4. The van der Waals surface area contributed by atoms with Crippen LogP contribution >= 0.6 is 0 Å². The number of quaternary nitrogens is 1. The first-order chi connectivity index (χ1) is 19.4. The van der Waals surface area contributed by atoms with Crippen molar-refractivity contribution >= 4 is 27.4 Å². The van der Waals surface area contributed by atoms with Crippen molar-refractivity contribution < 1.29 is 22.5 Å². The molecule has 0 bridgehead atoms. The van der Waals surface area contributed by atoms with Gasteiger partial charge < -0.3 is 4.74 Å². The molecule has 0 amide bonds. The summed E-state index contributed by atoms with van der Waals surface area (Å²) in [6.45, 7) is 10.3. The van der Waals surface area contributed by atoms with Crippen LogP contribution in [0.4, 0.5) is 0 Å². The SMILES string of the molecule is CCC[N+]1(C)N=C(Cc2ccccc2)C(C(=O)OCC)=C1c1ccc(-c2ccccc2S(=O)(=O)NC(C)(C)C)cc1. The van der Waals surface area contributed by atoms with E-state index in [1.54, 1.807) is 19.1 Å². The van der Waals surface area contributed by atoms with Crippen LogP contribution in [0.1, 0.15) is 52.2 Å². The molecule has 216 valence electrons. The fourth-order valence-corrected chi connectivity index (χ4v) is 6.95. The van der Waals surface area contributed by atoms with Crippen LogP contribution in [0.3, 0.4) is 0 Å². The number of nitrogens with zero attached hydrogens (tertiary/aromatic N) is 2. The molecule has 1 unspecified atom stereocenters. The summed E-state index contributed by atoms with van der Waals surface area (Å²) >= 11 is 0. The lowest BCUT2D eigenvalue weighted by molar-refractivity contribution is -0.844. The van der Waals surface area contributed by atoms with Gasteiger partial charge in [-0.1, -0.05) is 72.7 Å². The van der Waals surface area contributed by atoms with Crippen molar-refractivity contribution in [1.29, 1.82) is 0 Å². The average molecular weight is 575 g/mol. The van der Waals surface area contributed by atoms with Gasteiger partial charge >= 0.3 is 5.97 Å². The molecule has 0 aliphatic carbocycles. The Labute approximate surface area is 244 Å². The highest BCUT2D eigenvalue weighted by Crippen LogP contribution is 2.39. The van der Waals surface area contributed by atoms with Crippen molar-refractivity contribution in [2.24, 2.45) is 5.10 Å². The van der Waals surface area contributed by atoms with Gasteiger partial charge in [0.15, 0.2) is 11.3 Å². The highest BCUT2D eigenvalue weighted by atomic mass is 32.2. The molecule has 7 nitrogen and oxygen atoms in total. The number of carbonyl (C=O) groups is 1. The highest BCUT2D eigenvalue weighted by molar-refractivity contribution is 7.89. The van der Waals surface area contributed by atoms with Crippen LogP contribution in [0.25, 0.3) is 16.8 Å². The van der Waals surface area contributed by atoms with Gasteiger partial charge in [-0.15, -0.1) is 0 Å². The number of carbonyl (C=O) groups excluding carboxylic acids is 1. The molecule has 1 heterocycles. The number of hydrogen-bond donors (Lipinski definition) is 1. The van der Waals surface area contributed by atoms with Crippen molar-refractivity contribution in [3.05, 3.63) is 95.6 Å². The summed E-state index contributed by atoms with van der Waals surface area (Å²) in [7, 11) is -1.74. The fourth-order valence-electron chi connectivity index (χ4n) is 5.30. The summed E-state index contributed by atoms with van der Waals surface area (Å²) in [6.07, 6.45) is 1.38. The summed E-state index contributed by atoms with van der Waals surface area (Å²) in [5.41, 5.74) is 4.64. The van der Waals surface area contributed by atoms with E-state index in [9.17, 15) is 13.2 Å². The molecule has 0 fully saturated rings. The largest absolute Gasteiger partial charge is 0.462 e. The van der Waals surface area contributed by atoms with Gasteiger partial charge in [0.1, 0.15) is 12.3 Å². The Morgan fingerprint density at radius 1 is 0.902 bits per heavy atom. The van der Waals surface area contributed by atoms with Gasteiger partial charge in [0.05, 0.1) is 18.6 Å². The summed E-state index contributed by atoms with van der Waals surface area (Å²) in [6, 6.07) is 24.7. The maximum absolute atomic E-state index is 13.4. The highest BCUT2D eigenvalue weighted by Gasteiger charge is 2.44. The van der Waals surface area contributed by atoms with Crippen molar-refractivity contribution in [3.8, 4) is 11.1 Å². The molecule has 0 radical (unpaired) electrons. The van der Waals surface area contributed by atoms with Crippen LogP contribution in [-0.4, -0.2) is 50.4 Å². The number of esters is 1. The predicted octanol–water partition coefficient (Wildman–Crippen LogP) is 6.17. The zero-order valence-corrected chi connectivity index (χ0v) is 25.6. The fraction of sp³-hybridized carbons (Fsp3) is 0.333. The van der Waals surface area contributed by atoms with Gasteiger partial charge in [-0.25, -0.2) is 17.9 Å². The van der Waals surface area contributed by atoms with E-state index in [4.69, 9.17) is 9.84 Å². The van der Waals surface area contributed by atoms with Crippen LogP contribution in [0.2, 0.25) is 0 Å². The van der Waals surface area contributed by atoms with Crippen molar-refractivity contribution in [2.75, 3.05) is 20.2 Å². The zero-order chi connectivity index (χ0) is 29.8. The normalized spacial score (nSPS) is 17.5. The molecule has 3 aromatic rings. The number of ether oxygens (including phenoxy) is 1. The van der Waals surface area contributed by atoms with E-state index in [0.717, 1.165) is 28.8 Å². The van der Waals surface area contributed by atoms with E-state index in [-0.39, 0.29) is 22.1 Å². The van der Waals surface area contributed by atoms with Gasteiger partial charge in [0.25, 0.3) is 0 Å². The van der Waals surface area contributed by atoms with Crippen molar-refractivity contribution in [3.63, 3.8) is 0 Å². The molecule has 4 rings (SSSR count). The Kier molecular flexibility index (Phi) is 8.97. The second-order valence-corrected chi connectivity index (χ2v) is 13.1. The van der Waals surface area contributed by atoms with Gasteiger partial charge in [-0.3, -0.25) is 0 Å². The minimum Gasteiger partial charge on any atom is -0.462 e. The molecule has 0 aromatic heterocycles. The lowest BCUT2D eigenvalue weighted by atomic mass is 9.96. The van der Waals surface area contributed by atoms with Crippen LogP contribution < -0.4 is 4.72 Å². The van der Waals surface area contributed by atoms with E-state index in [1.807, 2.05) is 94.5 Å². The molecule has 0 spiro atoms. The summed E-state index contributed by atoms with van der Waals surface area (Å²) in [5.74, 6) is -0.385. The second kappa shape index (κ2) is 12.1. The van der Waals surface area contributed by atoms with E-state index in [2.05, 4.69) is 11.6 Å². The Morgan fingerprint density at radius 3 is 2.12 bits per heavy atom. The predicted molar refractivity (Wildman–Crippen MR) is 164 cm³/mol. The second-order valence-electron chi connectivity index (χ2n) is 11.4. The minimum atomic E-state index is -3.75. The van der Waals surface area contributed by atoms with Gasteiger partial charge in [0.2, 0.25) is 10.0 Å². The maximum Gasteiger partial charge on any atom is 0.346 e. The standard InChI is InChI=1S/C33H40N3O4S/c1-7-22-36(6)31(30(32(37)40-8-2)28(34-36)23-24-14-10-9-11-15-24)26-20-18-25(19-21-26)27-16-12-13-17-29(27)41(38,39)35-33(3,4)5/h9-21,35H,7-8,22-23H2,1-6H3/q+1. The Balaban J connectivity index is 1.82. The Morgan fingerprint density at radius 2 is 1.51 bits per heavy atom. The van der Waals surface area contributed by atoms with Gasteiger partial charge in [-0.2, -0.15) is 4.59 Å². The minimum absolute atomic E-state index is 0.218. The number of nitrogens with one attached hydrogen (secondary N) is 1. The lowest BCUT2D eigenvalue weighted by Gasteiger charge is -2.26. The molecule has 3 aromatic carbocycles. The number of sulfonamides is 1. The van der Waals surface area contributed by atoms with Crippen molar-refractivity contribution in [2.45, 2.75) is 57.9 Å². The number of hydrogen-bond acceptors (Lipinski definition) is 5. The third-order valence-corrected chi connectivity index (χ3v) is 8.60. The first kappa shape index (κ1) is 30.4. The van der Waals surface area contributed by atoms with E-state index in [0.29, 0.717) is 29.8 Å². The zero-order valence-electron chi connectivity index (χ0n) is 24.8. The molecule has 0 saturated heterocycles. The molecule has 1 N–H and O–H groups in total. The molecular formula is C33H40N3O4S+. The first-order valence-corrected chi connectivity index (χ1v) is 15.5. The molecule has 41 heavy (non-hydrogen) atoms. The smallest absolute Gasteiger partial charge is 0.346 e. The lowest BCUT2D eigenvalue weighted by Crippen LogP contribution is -2.40. The topological polar surface area (TPSA) is 84.8 Å². The Hall–Kier alpha value is -3.59. The molecule has 1 aliphatic rings. The third-order valence-electron chi connectivity index (χ3n) is 6.79. The average Bonchev–Trinajstić information content (AvgIpc) is 3.19. The molecule has 0 saturated carbocycles. The monoisotopic (exact) mass is 574 g/mol. The van der Waals surface area contributed by atoms with Gasteiger partial charge in [0, 0.05) is 23.1 Å². The first-order valence-electron chi connectivity index (χ1n) is 14.0. The summed E-state index contributed by atoms with van der Waals surface area (Å²) in [5, 5.41) is 5.10. The van der Waals surface area contributed by atoms with E-state index in [1.165, 1.54) is 0 Å². The van der Waals surface area contributed by atoms with Crippen molar-refractivity contribution in [1.82, 2.24) is 4.72 Å².